The van der Waals surface area contributed by atoms with Gasteiger partial charge in [-0.15, -0.1) is 0 Å². The number of likely N-dealkylation sites (N-methyl/N-ethyl adjacent to an activating group) is 1. The molecule has 4 rings (SSSR count). The van der Waals surface area contributed by atoms with Crippen LogP contribution in [0.5, 0.6) is 0 Å². The fourth-order valence-corrected chi connectivity index (χ4v) is 10.7. The maximum atomic E-state index is 11.5. The number of phosphoric ester groups is 1. The Morgan fingerprint density at radius 3 is 2.26 bits per heavy atom. The van der Waals surface area contributed by atoms with E-state index in [4.69, 9.17) is 9.26 Å². The molecular formula is C32H60NO5P. The largest absolute Gasteiger partial charge is 0.756 e. The average Bonchev–Trinajstić information content (AvgIpc) is 3.14. The lowest BCUT2D eigenvalue weighted by Gasteiger charge is -2.61. The van der Waals surface area contributed by atoms with Gasteiger partial charge in [0.25, 0.3) is 7.82 Å². The van der Waals surface area contributed by atoms with Crippen LogP contribution >= 0.6 is 7.82 Å². The first-order chi connectivity index (χ1) is 18.0. The molecule has 4 fully saturated rings. The highest BCUT2D eigenvalue weighted by Crippen LogP contribution is 2.68. The summed E-state index contributed by atoms with van der Waals surface area (Å²) < 4.78 is 23.3. The second-order valence-corrected chi connectivity index (χ2v) is 17.3. The van der Waals surface area contributed by atoms with Crippen LogP contribution < -0.4 is 4.89 Å². The van der Waals surface area contributed by atoms with Gasteiger partial charge in [0.05, 0.1) is 27.2 Å². The summed E-state index contributed by atoms with van der Waals surface area (Å²) in [6.07, 6.45) is 14.5. The van der Waals surface area contributed by atoms with Crippen molar-refractivity contribution in [3.05, 3.63) is 0 Å². The molecule has 0 aromatic heterocycles. The van der Waals surface area contributed by atoms with Gasteiger partial charge in [0.1, 0.15) is 6.54 Å². The summed E-state index contributed by atoms with van der Waals surface area (Å²) in [6.45, 7) is 12.9. The van der Waals surface area contributed by atoms with Crippen molar-refractivity contribution in [2.45, 2.75) is 124 Å². The molecule has 0 amide bonds. The highest BCUT2D eigenvalue weighted by Gasteiger charge is 2.60. The van der Waals surface area contributed by atoms with Gasteiger partial charge in [0.15, 0.2) is 0 Å². The number of phosphoric acid groups is 1. The zero-order chi connectivity index (χ0) is 28.8. The third kappa shape index (κ3) is 7.34. The predicted molar refractivity (Wildman–Crippen MR) is 156 cm³/mol. The van der Waals surface area contributed by atoms with E-state index in [0.29, 0.717) is 27.8 Å². The van der Waals surface area contributed by atoms with Gasteiger partial charge in [-0.2, -0.15) is 0 Å². The molecule has 228 valence electrons. The van der Waals surface area contributed by atoms with E-state index in [-0.39, 0.29) is 6.10 Å². The molecule has 4 aliphatic carbocycles. The molecule has 0 aromatic carbocycles. The Hall–Kier alpha value is 0.0300. The molecule has 0 aromatic rings. The molecule has 1 N–H and O–H groups in total. The van der Waals surface area contributed by atoms with E-state index in [0.717, 1.165) is 54.8 Å². The molecule has 0 spiro atoms. The molecule has 0 bridgehead atoms. The molecule has 0 radical (unpaired) electrons. The fraction of sp³-hybridized carbons (Fsp3) is 1.00. The molecule has 0 saturated heterocycles. The Morgan fingerprint density at radius 2 is 1.62 bits per heavy atom. The first kappa shape index (κ1) is 32.0. The van der Waals surface area contributed by atoms with Gasteiger partial charge < -0.3 is 19.0 Å². The van der Waals surface area contributed by atoms with E-state index in [1.54, 1.807) is 0 Å². The number of nitrogens with zero attached hydrogens (tertiary/aromatic N) is 1. The van der Waals surface area contributed by atoms with Crippen molar-refractivity contribution < 1.29 is 28.1 Å². The van der Waals surface area contributed by atoms with Crippen LogP contribution in [0.4, 0.5) is 0 Å². The summed E-state index contributed by atoms with van der Waals surface area (Å²) in [5.41, 5.74) is 0.876. The Balaban J connectivity index is 1.40. The molecule has 6 unspecified atom stereocenters. The number of ether oxygens (including phenoxy) is 1. The van der Waals surface area contributed by atoms with Crippen LogP contribution in [0.3, 0.4) is 0 Å². The van der Waals surface area contributed by atoms with Gasteiger partial charge in [-0.1, -0.05) is 53.9 Å². The highest BCUT2D eigenvalue weighted by molar-refractivity contribution is 7.44. The Bertz CT molecular complexity index is 869. The molecule has 6 nitrogen and oxygen atoms in total. The summed E-state index contributed by atoms with van der Waals surface area (Å²) in [5, 5.41) is 0. The van der Waals surface area contributed by atoms with Gasteiger partial charge in [-0.05, 0) is 110 Å². The number of hydrogen-bond acceptors (Lipinski definition) is 4. The lowest BCUT2D eigenvalue weighted by atomic mass is 9.44. The summed E-state index contributed by atoms with van der Waals surface area (Å²) in [7, 11) is 1.06. The number of hydrogen-bond donors (Lipinski definition) is 1. The first-order valence-electron chi connectivity index (χ1n) is 16.2. The minimum absolute atomic E-state index is 0.0147. The summed E-state index contributed by atoms with van der Waals surface area (Å²) >= 11 is 0. The average molecular weight is 570 g/mol. The molecule has 39 heavy (non-hydrogen) atoms. The van der Waals surface area contributed by atoms with Crippen LogP contribution in [0.15, 0.2) is 0 Å². The lowest BCUT2D eigenvalue weighted by molar-refractivity contribution is -0.876. The lowest BCUT2D eigenvalue weighted by Crippen LogP contribution is -2.54. The Kier molecular flexibility index (Phi) is 9.80. The third-order valence-electron chi connectivity index (χ3n) is 12.1. The van der Waals surface area contributed by atoms with Crippen LogP contribution in [0.2, 0.25) is 0 Å². The number of rotatable bonds is 11. The van der Waals surface area contributed by atoms with Gasteiger partial charge >= 0.3 is 0 Å². The number of fused-ring (bicyclic) bond motifs is 5. The summed E-state index contributed by atoms with van der Waals surface area (Å²) in [6, 6.07) is 0. The number of quaternary nitrogens is 1. The molecular weight excluding hydrogens is 509 g/mol. The Morgan fingerprint density at radius 1 is 0.949 bits per heavy atom. The van der Waals surface area contributed by atoms with Gasteiger partial charge in [-0.3, -0.25) is 9.09 Å². The van der Waals surface area contributed by atoms with Crippen molar-refractivity contribution in [2.75, 3.05) is 27.7 Å². The van der Waals surface area contributed by atoms with Crippen LogP contribution in [-0.2, 0) is 13.8 Å². The normalized spacial score (nSPS) is 41.8. The quantitative estimate of drug-likeness (QED) is 0.165. The molecule has 11 atom stereocenters. The van der Waals surface area contributed by atoms with Crippen molar-refractivity contribution >= 4 is 7.82 Å². The second kappa shape index (κ2) is 12.0. The predicted octanol–water partition coefficient (Wildman–Crippen LogP) is 7.00. The standard InChI is InChI=1S/C32H60NO5P/c1-22(2)10-9-11-23(3)27-14-15-28-26-13-12-24-20-25(37-30(21-33(6,7)8)38-39(34,35)36)16-18-31(24,4)29(26)17-19-32(27,28)5/h22-30H,9-21H2,1-8H3,(H-,34,35,36)/t23-,24?,25+,26?,27-,28?,29?,30?,31+,32-/m1/s1. The van der Waals surface area contributed by atoms with E-state index >= 15 is 0 Å². The van der Waals surface area contributed by atoms with E-state index in [2.05, 4.69) is 34.6 Å². The van der Waals surface area contributed by atoms with E-state index in [1.807, 2.05) is 21.1 Å². The zero-order valence-corrected chi connectivity index (χ0v) is 27.3. The maximum absolute atomic E-state index is 11.5. The summed E-state index contributed by atoms with van der Waals surface area (Å²) in [5.74, 6) is 5.74. The summed E-state index contributed by atoms with van der Waals surface area (Å²) in [4.78, 5) is 20.9. The van der Waals surface area contributed by atoms with Crippen molar-refractivity contribution in [1.29, 1.82) is 0 Å². The SMILES string of the molecule is CC(C)CCC[C@@H](C)[C@H]1CCC2C3CCC4C[C@@H](OC(C[N+](C)(C)C)OP(=O)([O-])O)CC[C@]4(C)C3CC[C@@]21C. The van der Waals surface area contributed by atoms with E-state index < -0.39 is 14.1 Å². The molecule has 4 aliphatic rings. The maximum Gasteiger partial charge on any atom is 0.267 e. The highest BCUT2D eigenvalue weighted by atomic mass is 31.2. The minimum Gasteiger partial charge on any atom is -0.756 e. The van der Waals surface area contributed by atoms with Crippen LogP contribution in [0, 0.1) is 52.3 Å². The van der Waals surface area contributed by atoms with Gasteiger partial charge in [-0.25, -0.2) is 0 Å². The Labute approximate surface area is 239 Å². The second-order valence-electron chi connectivity index (χ2n) is 16.2. The van der Waals surface area contributed by atoms with Crippen LogP contribution in [0.25, 0.3) is 0 Å². The fourth-order valence-electron chi connectivity index (χ4n) is 10.3. The topological polar surface area (TPSA) is 78.8 Å². The third-order valence-corrected chi connectivity index (χ3v) is 12.6. The van der Waals surface area contributed by atoms with Crippen molar-refractivity contribution in [2.24, 2.45) is 52.3 Å². The van der Waals surface area contributed by atoms with Crippen molar-refractivity contribution in [3.8, 4) is 0 Å². The first-order valence-corrected chi connectivity index (χ1v) is 17.7. The van der Waals surface area contributed by atoms with Crippen LogP contribution in [0.1, 0.15) is 112 Å². The monoisotopic (exact) mass is 569 g/mol. The molecule has 0 heterocycles. The smallest absolute Gasteiger partial charge is 0.267 e. The van der Waals surface area contributed by atoms with E-state index in [9.17, 15) is 14.4 Å². The van der Waals surface area contributed by atoms with Crippen molar-refractivity contribution in [1.82, 2.24) is 0 Å². The molecule has 4 saturated carbocycles. The van der Waals surface area contributed by atoms with Gasteiger partial charge in [0.2, 0.25) is 6.29 Å². The van der Waals surface area contributed by atoms with Crippen LogP contribution in [-0.4, -0.2) is 49.5 Å². The zero-order valence-electron chi connectivity index (χ0n) is 26.4. The van der Waals surface area contributed by atoms with Gasteiger partial charge in [0, 0.05) is 0 Å². The molecule has 0 aliphatic heterocycles. The van der Waals surface area contributed by atoms with Crippen molar-refractivity contribution in [3.63, 3.8) is 0 Å². The molecule has 7 heteroatoms. The minimum atomic E-state index is -4.86. The van der Waals surface area contributed by atoms with E-state index in [1.165, 1.54) is 57.8 Å².